The lowest BCUT2D eigenvalue weighted by Crippen LogP contribution is -2.19. The molecule has 0 spiro atoms. The zero-order valence-electron chi connectivity index (χ0n) is 13.4. The molecule has 0 saturated heterocycles. The van der Waals surface area contributed by atoms with Crippen LogP contribution in [0.15, 0.2) is 30.5 Å². The van der Waals surface area contributed by atoms with Crippen LogP contribution in [0.5, 0.6) is 0 Å². The van der Waals surface area contributed by atoms with Crippen LogP contribution in [0.2, 0.25) is 0 Å². The molecule has 1 heterocycles. The number of hydrogen-bond donors (Lipinski definition) is 1. The zero-order valence-corrected chi connectivity index (χ0v) is 13.4. The van der Waals surface area contributed by atoms with Crippen LogP contribution in [0.25, 0.3) is 0 Å². The van der Waals surface area contributed by atoms with E-state index in [9.17, 15) is 18.0 Å². The molecule has 7 heteroatoms. The normalized spacial score (nSPS) is 10.5. The van der Waals surface area contributed by atoms with Gasteiger partial charge in [-0.25, -0.2) is 18.2 Å². The molecule has 0 bridgehead atoms. The van der Waals surface area contributed by atoms with Crippen molar-refractivity contribution in [3.8, 4) is 0 Å². The minimum absolute atomic E-state index is 0.191. The van der Waals surface area contributed by atoms with Gasteiger partial charge in [0.2, 0.25) is 0 Å². The van der Waals surface area contributed by atoms with E-state index < -0.39 is 28.9 Å². The monoisotopic (exact) mass is 337 g/mol. The van der Waals surface area contributed by atoms with Gasteiger partial charge in [-0.05, 0) is 30.7 Å². The highest BCUT2D eigenvalue weighted by molar-refractivity contribution is 6.04. The van der Waals surface area contributed by atoms with Crippen LogP contribution in [0.1, 0.15) is 30.1 Å². The highest BCUT2D eigenvalue weighted by atomic mass is 19.2. The Bertz CT molecular complexity index is 720. The maximum atomic E-state index is 13.6. The fourth-order valence-corrected chi connectivity index (χ4v) is 2.10. The van der Waals surface area contributed by atoms with E-state index in [0.717, 1.165) is 31.1 Å². The predicted molar refractivity (Wildman–Crippen MR) is 86.7 cm³/mol. The Labute approximate surface area is 138 Å². The topological polar surface area (TPSA) is 45.2 Å². The lowest BCUT2D eigenvalue weighted by molar-refractivity contribution is 0.102. The highest BCUT2D eigenvalue weighted by Gasteiger charge is 2.19. The smallest absolute Gasteiger partial charge is 0.259 e. The van der Waals surface area contributed by atoms with Gasteiger partial charge in [-0.15, -0.1) is 0 Å². The molecule has 1 amide bonds. The lowest BCUT2D eigenvalue weighted by Gasteiger charge is -2.18. The molecule has 4 nitrogen and oxygen atoms in total. The molecule has 24 heavy (non-hydrogen) atoms. The first-order valence-electron chi connectivity index (χ1n) is 7.56. The number of nitrogens with zero attached hydrogens (tertiary/aromatic N) is 2. The number of carbonyl (C=O) groups excluding carboxylic acids is 1. The van der Waals surface area contributed by atoms with Gasteiger partial charge >= 0.3 is 0 Å². The van der Waals surface area contributed by atoms with Crippen LogP contribution in [0.3, 0.4) is 0 Å². The number of nitrogens with one attached hydrogen (secondary N) is 1. The van der Waals surface area contributed by atoms with Gasteiger partial charge in [0.1, 0.15) is 5.82 Å². The van der Waals surface area contributed by atoms with Gasteiger partial charge in [0.25, 0.3) is 5.91 Å². The lowest BCUT2D eigenvalue weighted by atomic mass is 10.2. The number of carbonyl (C=O) groups is 1. The number of rotatable bonds is 6. The summed E-state index contributed by atoms with van der Waals surface area (Å²) in [5, 5.41) is 2.36. The SMILES string of the molecule is CCCCN(C)c1ccc(NC(=O)c2ccc(F)c(F)c2F)nc1. The summed E-state index contributed by atoms with van der Waals surface area (Å²) < 4.78 is 39.7. The van der Waals surface area contributed by atoms with E-state index in [1.807, 2.05) is 11.9 Å². The second-order valence-corrected chi connectivity index (χ2v) is 5.35. The van der Waals surface area contributed by atoms with Crippen LogP contribution in [-0.2, 0) is 0 Å². The molecule has 0 unspecified atom stereocenters. The van der Waals surface area contributed by atoms with Gasteiger partial charge < -0.3 is 10.2 Å². The molecule has 128 valence electrons. The van der Waals surface area contributed by atoms with E-state index in [1.165, 1.54) is 0 Å². The van der Waals surface area contributed by atoms with Crippen molar-refractivity contribution < 1.29 is 18.0 Å². The van der Waals surface area contributed by atoms with Crippen molar-refractivity contribution in [3.63, 3.8) is 0 Å². The van der Waals surface area contributed by atoms with E-state index in [4.69, 9.17) is 0 Å². The maximum absolute atomic E-state index is 13.6. The van der Waals surface area contributed by atoms with Crippen molar-refractivity contribution in [2.24, 2.45) is 0 Å². The summed E-state index contributed by atoms with van der Waals surface area (Å²) in [6, 6.07) is 4.91. The second kappa shape index (κ2) is 7.81. The molecule has 2 rings (SSSR count). The van der Waals surface area contributed by atoms with Crippen molar-refractivity contribution in [1.82, 2.24) is 4.98 Å². The number of aromatic nitrogens is 1. The number of amides is 1. The predicted octanol–water partition coefficient (Wildman–Crippen LogP) is 3.99. The Balaban J connectivity index is 2.08. The van der Waals surface area contributed by atoms with Gasteiger partial charge in [0.15, 0.2) is 17.5 Å². The van der Waals surface area contributed by atoms with Crippen molar-refractivity contribution in [3.05, 3.63) is 53.5 Å². The third-order valence-electron chi connectivity index (χ3n) is 3.56. The Hall–Kier alpha value is -2.57. The van der Waals surface area contributed by atoms with Crippen LogP contribution in [0.4, 0.5) is 24.7 Å². The third-order valence-corrected chi connectivity index (χ3v) is 3.56. The molecule has 0 aliphatic heterocycles. The standard InChI is InChI=1S/C17H18F3N3O/c1-3-4-9-23(2)11-5-8-14(21-10-11)22-17(24)12-6-7-13(18)16(20)15(12)19/h5-8,10H,3-4,9H2,1-2H3,(H,21,22,24). The van der Waals surface area contributed by atoms with Crippen molar-refractivity contribution in [1.29, 1.82) is 0 Å². The Morgan fingerprint density at radius 3 is 2.54 bits per heavy atom. The first-order valence-corrected chi connectivity index (χ1v) is 7.56. The minimum atomic E-state index is -1.68. The number of hydrogen-bond acceptors (Lipinski definition) is 3. The summed E-state index contributed by atoms with van der Waals surface area (Å²) in [5.41, 5.74) is 0.292. The number of unbranched alkanes of at least 4 members (excludes halogenated alkanes) is 1. The number of benzene rings is 1. The fraction of sp³-hybridized carbons (Fsp3) is 0.294. The van der Waals surface area contributed by atoms with E-state index in [1.54, 1.807) is 18.3 Å². The summed E-state index contributed by atoms with van der Waals surface area (Å²) in [4.78, 5) is 18.1. The van der Waals surface area contributed by atoms with E-state index in [0.29, 0.717) is 6.07 Å². The van der Waals surface area contributed by atoms with Crippen molar-refractivity contribution in [2.75, 3.05) is 23.8 Å². The molecule has 2 aromatic rings. The summed E-state index contributed by atoms with van der Waals surface area (Å²) in [5.74, 6) is -5.25. The summed E-state index contributed by atoms with van der Waals surface area (Å²) in [6.45, 7) is 2.98. The summed E-state index contributed by atoms with van der Waals surface area (Å²) >= 11 is 0. The molecule has 1 aromatic carbocycles. The maximum Gasteiger partial charge on any atom is 0.259 e. The van der Waals surface area contributed by atoms with Gasteiger partial charge in [-0.1, -0.05) is 13.3 Å². The van der Waals surface area contributed by atoms with Crippen LogP contribution < -0.4 is 10.2 Å². The molecule has 0 aliphatic carbocycles. The average Bonchev–Trinajstić information content (AvgIpc) is 2.58. The Morgan fingerprint density at radius 2 is 1.92 bits per heavy atom. The van der Waals surface area contributed by atoms with Gasteiger partial charge in [-0.2, -0.15) is 0 Å². The largest absolute Gasteiger partial charge is 0.373 e. The molecule has 1 aromatic heterocycles. The molecule has 0 radical (unpaired) electrons. The molecule has 0 aliphatic rings. The van der Waals surface area contributed by atoms with E-state index >= 15 is 0 Å². The number of pyridine rings is 1. The van der Waals surface area contributed by atoms with Crippen LogP contribution in [-0.4, -0.2) is 24.5 Å². The average molecular weight is 337 g/mol. The van der Waals surface area contributed by atoms with Gasteiger partial charge in [0.05, 0.1) is 17.4 Å². The number of anilines is 2. The first-order chi connectivity index (χ1) is 11.4. The summed E-state index contributed by atoms with van der Waals surface area (Å²) in [7, 11) is 1.93. The fourth-order valence-electron chi connectivity index (χ4n) is 2.10. The molecular formula is C17H18F3N3O. The van der Waals surface area contributed by atoms with Crippen LogP contribution in [0, 0.1) is 17.5 Å². The van der Waals surface area contributed by atoms with Gasteiger partial charge in [-0.3, -0.25) is 4.79 Å². The molecule has 0 fully saturated rings. The molecule has 0 atom stereocenters. The highest BCUT2D eigenvalue weighted by Crippen LogP contribution is 2.18. The Morgan fingerprint density at radius 1 is 1.17 bits per heavy atom. The van der Waals surface area contributed by atoms with E-state index in [2.05, 4.69) is 17.2 Å². The second-order valence-electron chi connectivity index (χ2n) is 5.35. The molecule has 1 N–H and O–H groups in total. The van der Waals surface area contributed by atoms with Crippen LogP contribution >= 0.6 is 0 Å². The van der Waals surface area contributed by atoms with Crippen molar-refractivity contribution >= 4 is 17.4 Å². The van der Waals surface area contributed by atoms with E-state index in [-0.39, 0.29) is 5.82 Å². The Kier molecular flexibility index (Phi) is 5.78. The van der Waals surface area contributed by atoms with Gasteiger partial charge in [0, 0.05) is 13.6 Å². The third kappa shape index (κ3) is 4.04. The molecule has 0 saturated carbocycles. The quantitative estimate of drug-likeness (QED) is 0.811. The summed E-state index contributed by atoms with van der Waals surface area (Å²) in [6.07, 6.45) is 3.70. The minimum Gasteiger partial charge on any atom is -0.373 e. The zero-order chi connectivity index (χ0) is 17.7. The first kappa shape index (κ1) is 17.8. The van der Waals surface area contributed by atoms with Crippen molar-refractivity contribution in [2.45, 2.75) is 19.8 Å². The molecular weight excluding hydrogens is 319 g/mol. The number of halogens is 3.